The topological polar surface area (TPSA) is 75.3 Å². The van der Waals surface area contributed by atoms with Gasteiger partial charge in [0.15, 0.2) is 0 Å². The Morgan fingerprint density at radius 2 is 1.52 bits per heavy atom. The first kappa shape index (κ1) is 25.1. The quantitative estimate of drug-likeness (QED) is 0.424. The Morgan fingerprint density at radius 3 is 2.15 bits per heavy atom. The molecule has 2 atom stereocenters. The molecule has 2 N–H and O–H groups in total. The summed E-state index contributed by atoms with van der Waals surface area (Å²) in [5.41, 5.74) is 5.31. The van der Waals surface area contributed by atoms with Crippen LogP contribution < -0.4 is 10.0 Å². The average Bonchev–Trinajstić information content (AvgIpc) is 2.76. The van der Waals surface area contributed by atoms with E-state index in [1.807, 2.05) is 51.1 Å². The molecular formula is C26H29BrN2O3S. The fraction of sp³-hybridized carbons (Fsp3) is 0.269. The Hall–Kier alpha value is -2.48. The molecule has 0 aliphatic heterocycles. The lowest BCUT2D eigenvalue weighted by atomic mass is 9.96. The molecule has 0 saturated heterocycles. The Bertz CT molecular complexity index is 1230. The Labute approximate surface area is 204 Å². The minimum Gasteiger partial charge on any atom is -0.348 e. The lowest BCUT2D eigenvalue weighted by Gasteiger charge is -2.23. The second-order valence-corrected chi connectivity index (χ2v) is 11.0. The lowest BCUT2D eigenvalue weighted by molar-refractivity contribution is -0.123. The molecule has 0 unspecified atom stereocenters. The Morgan fingerprint density at radius 1 is 0.909 bits per heavy atom. The van der Waals surface area contributed by atoms with Crippen LogP contribution in [0, 0.1) is 20.8 Å². The first-order valence-electron chi connectivity index (χ1n) is 10.8. The Kier molecular flexibility index (Phi) is 8.10. The van der Waals surface area contributed by atoms with Crippen LogP contribution in [0.1, 0.15) is 40.8 Å². The monoisotopic (exact) mass is 528 g/mol. The second-order valence-electron chi connectivity index (χ2n) is 8.34. The summed E-state index contributed by atoms with van der Waals surface area (Å²) in [5, 5.41) is 3.01. The van der Waals surface area contributed by atoms with Crippen molar-refractivity contribution in [2.75, 3.05) is 0 Å². The predicted molar refractivity (Wildman–Crippen MR) is 136 cm³/mol. The summed E-state index contributed by atoms with van der Waals surface area (Å²) in [6.45, 7) is 8.03. The number of carbonyl (C=O) groups excluding carboxylic acids is 1. The number of rotatable bonds is 8. The van der Waals surface area contributed by atoms with Gasteiger partial charge in [-0.3, -0.25) is 4.79 Å². The van der Waals surface area contributed by atoms with Crippen LogP contribution in [0.5, 0.6) is 0 Å². The zero-order valence-electron chi connectivity index (χ0n) is 19.2. The first-order valence-corrected chi connectivity index (χ1v) is 13.0. The summed E-state index contributed by atoms with van der Waals surface area (Å²) in [7, 11) is -3.89. The molecule has 33 heavy (non-hydrogen) atoms. The van der Waals surface area contributed by atoms with Crippen LogP contribution in [0.15, 0.2) is 76.1 Å². The number of sulfonamides is 1. The van der Waals surface area contributed by atoms with E-state index < -0.39 is 16.1 Å². The molecule has 3 aromatic carbocycles. The number of aryl methyl sites for hydroxylation is 3. The van der Waals surface area contributed by atoms with Crippen LogP contribution in [0.4, 0.5) is 0 Å². The van der Waals surface area contributed by atoms with Crippen LogP contribution in [0.25, 0.3) is 0 Å². The van der Waals surface area contributed by atoms with Gasteiger partial charge in [0.2, 0.25) is 15.9 Å². The van der Waals surface area contributed by atoms with Gasteiger partial charge in [-0.1, -0.05) is 58.4 Å². The van der Waals surface area contributed by atoms with Crippen LogP contribution >= 0.6 is 15.9 Å². The lowest BCUT2D eigenvalue weighted by Crippen LogP contribution is -2.48. The van der Waals surface area contributed by atoms with Gasteiger partial charge >= 0.3 is 0 Å². The highest BCUT2D eigenvalue weighted by Gasteiger charge is 2.27. The van der Waals surface area contributed by atoms with Gasteiger partial charge < -0.3 is 5.32 Å². The molecule has 0 spiro atoms. The van der Waals surface area contributed by atoms with Crippen molar-refractivity contribution in [1.29, 1.82) is 0 Å². The van der Waals surface area contributed by atoms with E-state index in [4.69, 9.17) is 0 Å². The summed E-state index contributed by atoms with van der Waals surface area (Å²) in [4.78, 5) is 13.4. The number of nitrogens with one attached hydrogen (secondary N) is 2. The zero-order valence-corrected chi connectivity index (χ0v) is 21.6. The highest BCUT2D eigenvalue weighted by molar-refractivity contribution is 9.10. The van der Waals surface area contributed by atoms with E-state index in [0.717, 1.165) is 26.7 Å². The number of halogens is 1. The van der Waals surface area contributed by atoms with E-state index in [-0.39, 0.29) is 23.3 Å². The smallest absolute Gasteiger partial charge is 0.241 e. The average molecular weight is 530 g/mol. The molecule has 0 bridgehead atoms. The molecule has 0 aliphatic rings. The van der Waals surface area contributed by atoms with E-state index in [2.05, 4.69) is 45.0 Å². The highest BCUT2D eigenvalue weighted by atomic mass is 79.9. The summed E-state index contributed by atoms with van der Waals surface area (Å²) >= 11 is 3.32. The van der Waals surface area contributed by atoms with Gasteiger partial charge in [0.05, 0.1) is 10.9 Å². The van der Waals surface area contributed by atoms with Gasteiger partial charge in [0.1, 0.15) is 6.04 Å². The third-order valence-corrected chi connectivity index (χ3v) is 7.74. The standard InChI is InChI=1S/C26H29BrN2O3S/c1-17-14-19(3)24(15-18(17)2)20(4)28-26(30)25(16-21-8-6-5-7-9-21)29-33(31,32)23-12-10-22(27)11-13-23/h5-15,20,25,29H,16H2,1-4H3,(H,28,30)/t20-,25-/m1/s1. The zero-order chi connectivity index (χ0) is 24.2. The number of hydrogen-bond donors (Lipinski definition) is 2. The molecule has 174 valence electrons. The minimum absolute atomic E-state index is 0.106. The second kappa shape index (κ2) is 10.6. The normalized spacial score (nSPS) is 13.4. The number of carbonyl (C=O) groups is 1. The molecule has 0 aliphatic carbocycles. The van der Waals surface area contributed by atoms with Crippen molar-refractivity contribution >= 4 is 31.9 Å². The third kappa shape index (κ3) is 6.53. The van der Waals surface area contributed by atoms with Crippen LogP contribution in [0.2, 0.25) is 0 Å². The van der Waals surface area contributed by atoms with Gasteiger partial charge in [-0.2, -0.15) is 4.72 Å². The first-order chi connectivity index (χ1) is 15.6. The fourth-order valence-electron chi connectivity index (χ4n) is 3.75. The van der Waals surface area contributed by atoms with Crippen LogP contribution in [-0.2, 0) is 21.2 Å². The largest absolute Gasteiger partial charge is 0.348 e. The third-order valence-electron chi connectivity index (χ3n) is 5.73. The van der Waals surface area contributed by atoms with Crippen molar-refractivity contribution < 1.29 is 13.2 Å². The summed E-state index contributed by atoms with van der Waals surface area (Å²) in [6.07, 6.45) is 0.237. The molecule has 5 nitrogen and oxygen atoms in total. The molecule has 0 saturated carbocycles. The van der Waals surface area contributed by atoms with Gasteiger partial charge in [0, 0.05) is 4.47 Å². The van der Waals surface area contributed by atoms with Gasteiger partial charge in [0.25, 0.3) is 0 Å². The molecule has 0 aromatic heterocycles. The molecule has 3 rings (SSSR count). The fourth-order valence-corrected chi connectivity index (χ4v) is 5.21. The number of benzene rings is 3. The molecular weight excluding hydrogens is 500 g/mol. The SMILES string of the molecule is Cc1cc(C)c([C@@H](C)NC(=O)[C@@H](Cc2ccccc2)NS(=O)(=O)c2ccc(Br)cc2)cc1C. The highest BCUT2D eigenvalue weighted by Crippen LogP contribution is 2.22. The van der Waals surface area contributed by atoms with E-state index >= 15 is 0 Å². The van der Waals surface area contributed by atoms with E-state index in [1.165, 1.54) is 17.7 Å². The van der Waals surface area contributed by atoms with Crippen molar-refractivity contribution in [3.05, 3.63) is 99.0 Å². The van der Waals surface area contributed by atoms with Crippen molar-refractivity contribution in [3.63, 3.8) is 0 Å². The van der Waals surface area contributed by atoms with Crippen molar-refractivity contribution in [1.82, 2.24) is 10.0 Å². The minimum atomic E-state index is -3.89. The molecule has 0 heterocycles. The van der Waals surface area contributed by atoms with Gasteiger partial charge in [-0.05, 0) is 86.2 Å². The van der Waals surface area contributed by atoms with E-state index in [0.29, 0.717) is 0 Å². The van der Waals surface area contributed by atoms with E-state index in [1.54, 1.807) is 12.1 Å². The summed E-state index contributed by atoms with van der Waals surface area (Å²) in [5.74, 6) is -0.371. The van der Waals surface area contributed by atoms with Crippen LogP contribution in [-0.4, -0.2) is 20.4 Å². The van der Waals surface area contributed by atoms with Crippen molar-refractivity contribution in [3.8, 4) is 0 Å². The molecule has 1 amide bonds. The van der Waals surface area contributed by atoms with E-state index in [9.17, 15) is 13.2 Å². The predicted octanol–water partition coefficient (Wildman–Crippen LogP) is 5.14. The van der Waals surface area contributed by atoms with Gasteiger partial charge in [-0.25, -0.2) is 8.42 Å². The molecule has 0 radical (unpaired) electrons. The summed E-state index contributed by atoms with van der Waals surface area (Å²) < 4.78 is 29.5. The maximum atomic E-state index is 13.3. The molecule has 0 fully saturated rings. The van der Waals surface area contributed by atoms with Gasteiger partial charge in [-0.15, -0.1) is 0 Å². The van der Waals surface area contributed by atoms with Crippen LogP contribution in [0.3, 0.4) is 0 Å². The molecule has 7 heteroatoms. The van der Waals surface area contributed by atoms with Crippen molar-refractivity contribution in [2.45, 2.75) is 51.1 Å². The molecule has 3 aromatic rings. The number of amides is 1. The number of hydrogen-bond acceptors (Lipinski definition) is 3. The summed E-state index contributed by atoms with van der Waals surface area (Å²) in [6, 6.07) is 18.7. The van der Waals surface area contributed by atoms with Crippen molar-refractivity contribution in [2.24, 2.45) is 0 Å². The maximum Gasteiger partial charge on any atom is 0.241 e. The maximum absolute atomic E-state index is 13.3. The Balaban J connectivity index is 1.86.